The second-order valence-corrected chi connectivity index (χ2v) is 13.3. The molecule has 2 nitrogen and oxygen atoms in total. The van der Waals surface area contributed by atoms with E-state index in [-0.39, 0.29) is 0 Å². The zero-order valence-corrected chi connectivity index (χ0v) is 15.5. The molecule has 0 bridgehead atoms. The molecule has 2 rings (SSSR count). The molecular formula is C18H30N2Si. The van der Waals surface area contributed by atoms with Gasteiger partial charge in [0.05, 0.1) is 6.67 Å². The SMILES string of the molecule is Cc1cc(C)c(N2C=CN(CCC[Si](C)(C)C)C2)c(C)c1. The Kier molecular flexibility index (Phi) is 4.82. The van der Waals surface area contributed by atoms with Crippen molar-refractivity contribution in [2.45, 2.75) is 52.9 Å². The molecule has 0 amide bonds. The molecular weight excluding hydrogens is 272 g/mol. The minimum absolute atomic E-state index is 0.899. The van der Waals surface area contributed by atoms with Crippen molar-refractivity contribution in [1.29, 1.82) is 0 Å². The molecule has 0 aromatic heterocycles. The van der Waals surface area contributed by atoms with Crippen LogP contribution in [0.25, 0.3) is 0 Å². The van der Waals surface area contributed by atoms with E-state index in [1.165, 1.54) is 41.4 Å². The molecule has 1 aliphatic rings. The highest BCUT2D eigenvalue weighted by Crippen LogP contribution is 2.29. The number of rotatable bonds is 5. The molecule has 0 N–H and O–H groups in total. The molecule has 3 heteroatoms. The van der Waals surface area contributed by atoms with Gasteiger partial charge in [-0.3, -0.25) is 0 Å². The number of aryl methyl sites for hydroxylation is 3. The Labute approximate surface area is 131 Å². The highest BCUT2D eigenvalue weighted by Gasteiger charge is 2.18. The Balaban J connectivity index is 1.96. The normalized spacial score (nSPS) is 15.1. The first-order chi connectivity index (χ1) is 9.76. The van der Waals surface area contributed by atoms with Crippen molar-refractivity contribution < 1.29 is 0 Å². The number of nitrogens with zero attached hydrogens (tertiary/aromatic N) is 2. The van der Waals surface area contributed by atoms with Gasteiger partial charge in [0.15, 0.2) is 0 Å². The van der Waals surface area contributed by atoms with Gasteiger partial charge in [-0.05, 0) is 38.3 Å². The lowest BCUT2D eigenvalue weighted by molar-refractivity contribution is 0.405. The summed E-state index contributed by atoms with van der Waals surface area (Å²) >= 11 is 0. The van der Waals surface area contributed by atoms with Crippen LogP contribution in [-0.4, -0.2) is 26.2 Å². The van der Waals surface area contributed by atoms with Gasteiger partial charge in [-0.2, -0.15) is 0 Å². The van der Waals surface area contributed by atoms with Crippen molar-refractivity contribution in [3.63, 3.8) is 0 Å². The minimum atomic E-state index is -0.899. The van der Waals surface area contributed by atoms with Crippen LogP contribution >= 0.6 is 0 Å². The summed E-state index contributed by atoms with van der Waals surface area (Å²) in [6.07, 6.45) is 5.81. The van der Waals surface area contributed by atoms with Crippen LogP contribution in [0.5, 0.6) is 0 Å². The molecule has 0 unspecified atom stereocenters. The molecule has 0 atom stereocenters. The van der Waals surface area contributed by atoms with Crippen molar-refractivity contribution in [2.75, 3.05) is 18.1 Å². The van der Waals surface area contributed by atoms with Crippen LogP contribution in [0.3, 0.4) is 0 Å². The van der Waals surface area contributed by atoms with Gasteiger partial charge < -0.3 is 9.80 Å². The summed E-state index contributed by atoms with van der Waals surface area (Å²) in [4.78, 5) is 4.83. The zero-order chi connectivity index (χ0) is 15.6. The molecule has 0 spiro atoms. The average Bonchev–Trinajstić information content (AvgIpc) is 2.74. The van der Waals surface area contributed by atoms with Crippen LogP contribution < -0.4 is 4.90 Å². The first kappa shape index (κ1) is 16.2. The van der Waals surface area contributed by atoms with Crippen molar-refractivity contribution in [3.05, 3.63) is 41.2 Å². The quantitative estimate of drug-likeness (QED) is 0.714. The maximum atomic E-state index is 2.46. The summed E-state index contributed by atoms with van der Waals surface area (Å²) in [7, 11) is -0.899. The Bertz CT molecular complexity index is 506. The van der Waals surface area contributed by atoms with Crippen molar-refractivity contribution in [3.8, 4) is 0 Å². The maximum Gasteiger partial charge on any atom is 0.0942 e. The molecule has 0 aliphatic carbocycles. The van der Waals surface area contributed by atoms with Crippen LogP contribution in [0.4, 0.5) is 5.69 Å². The van der Waals surface area contributed by atoms with E-state index < -0.39 is 8.07 Å². The summed E-state index contributed by atoms with van der Waals surface area (Å²) in [6.45, 7) is 16.2. The van der Waals surface area contributed by atoms with Gasteiger partial charge in [0.25, 0.3) is 0 Å². The largest absolute Gasteiger partial charge is 0.358 e. The van der Waals surface area contributed by atoms with E-state index in [0.717, 1.165) is 6.67 Å². The summed E-state index contributed by atoms with van der Waals surface area (Å²) in [5, 5.41) is 0. The van der Waals surface area contributed by atoms with Crippen LogP contribution in [-0.2, 0) is 0 Å². The molecule has 0 fully saturated rings. The fourth-order valence-corrected chi connectivity index (χ4v) is 4.41. The first-order valence-corrected chi connectivity index (χ1v) is 11.7. The van der Waals surface area contributed by atoms with Gasteiger partial charge in [-0.1, -0.05) is 43.4 Å². The molecule has 0 saturated carbocycles. The van der Waals surface area contributed by atoms with Gasteiger partial charge in [0.2, 0.25) is 0 Å². The second kappa shape index (κ2) is 6.26. The molecule has 1 heterocycles. The van der Waals surface area contributed by atoms with Crippen molar-refractivity contribution >= 4 is 13.8 Å². The number of hydrogen-bond donors (Lipinski definition) is 0. The Morgan fingerprint density at radius 2 is 1.62 bits per heavy atom. The van der Waals surface area contributed by atoms with Crippen LogP contribution in [0, 0.1) is 20.8 Å². The molecule has 1 aromatic rings. The number of benzene rings is 1. The maximum absolute atomic E-state index is 2.46. The summed E-state index contributed by atoms with van der Waals surface area (Å²) in [5.74, 6) is 0. The molecule has 21 heavy (non-hydrogen) atoms. The van der Waals surface area contributed by atoms with Gasteiger partial charge >= 0.3 is 0 Å². The summed E-state index contributed by atoms with van der Waals surface area (Å²) < 4.78 is 0. The average molecular weight is 303 g/mol. The topological polar surface area (TPSA) is 6.48 Å². The Morgan fingerprint density at radius 3 is 2.19 bits per heavy atom. The highest BCUT2D eigenvalue weighted by molar-refractivity contribution is 6.76. The monoisotopic (exact) mass is 302 g/mol. The smallest absolute Gasteiger partial charge is 0.0942 e. The fourth-order valence-electron chi connectivity index (χ4n) is 3.19. The van der Waals surface area contributed by atoms with Crippen molar-refractivity contribution in [2.24, 2.45) is 0 Å². The van der Waals surface area contributed by atoms with Gasteiger partial charge in [-0.25, -0.2) is 0 Å². The molecule has 0 saturated heterocycles. The lowest BCUT2D eigenvalue weighted by Crippen LogP contribution is -2.28. The van der Waals surface area contributed by atoms with Gasteiger partial charge in [-0.15, -0.1) is 0 Å². The third-order valence-electron chi connectivity index (χ3n) is 4.09. The van der Waals surface area contributed by atoms with E-state index >= 15 is 0 Å². The first-order valence-electron chi connectivity index (χ1n) is 8.03. The van der Waals surface area contributed by atoms with E-state index in [9.17, 15) is 0 Å². The summed E-state index contributed by atoms with van der Waals surface area (Å²) in [6, 6.07) is 5.98. The van der Waals surface area contributed by atoms with Crippen LogP contribution in [0.2, 0.25) is 25.7 Å². The number of hydrogen-bond acceptors (Lipinski definition) is 2. The van der Waals surface area contributed by atoms with E-state index in [1.54, 1.807) is 0 Å². The Hall–Kier alpha value is -1.22. The van der Waals surface area contributed by atoms with Crippen molar-refractivity contribution in [1.82, 2.24) is 4.90 Å². The molecule has 1 aliphatic heterocycles. The fraction of sp³-hybridized carbons (Fsp3) is 0.556. The third-order valence-corrected chi connectivity index (χ3v) is 5.94. The predicted octanol–water partition coefficient (Wildman–Crippen LogP) is 4.89. The summed E-state index contributed by atoms with van der Waals surface area (Å²) in [5.41, 5.74) is 5.48. The molecule has 0 radical (unpaired) electrons. The third kappa shape index (κ3) is 4.37. The zero-order valence-electron chi connectivity index (χ0n) is 14.5. The molecule has 1 aromatic carbocycles. The standard InChI is InChI=1S/C18H30N2Si/c1-15-12-16(2)18(17(3)13-15)20-10-9-19(14-20)8-7-11-21(4,5)6/h9-10,12-13H,7-8,11,14H2,1-6H3. The molecule has 116 valence electrons. The van der Waals surface area contributed by atoms with Gasteiger partial charge in [0.1, 0.15) is 0 Å². The lowest BCUT2D eigenvalue weighted by atomic mass is 10.0. The Morgan fingerprint density at radius 1 is 1.00 bits per heavy atom. The number of anilines is 1. The minimum Gasteiger partial charge on any atom is -0.358 e. The van der Waals surface area contributed by atoms with E-state index in [4.69, 9.17) is 0 Å². The van der Waals surface area contributed by atoms with E-state index in [2.05, 4.69) is 74.7 Å². The predicted molar refractivity (Wildman–Crippen MR) is 96.6 cm³/mol. The highest BCUT2D eigenvalue weighted by atomic mass is 28.3. The lowest BCUT2D eigenvalue weighted by Gasteiger charge is -2.25. The van der Waals surface area contributed by atoms with Crippen LogP contribution in [0.15, 0.2) is 24.5 Å². The van der Waals surface area contributed by atoms with E-state index in [0.29, 0.717) is 0 Å². The van der Waals surface area contributed by atoms with Crippen LogP contribution in [0.1, 0.15) is 23.1 Å². The van der Waals surface area contributed by atoms with E-state index in [1.807, 2.05) is 0 Å². The second-order valence-electron chi connectivity index (χ2n) is 7.63. The van der Waals surface area contributed by atoms with Gasteiger partial charge in [0, 0.05) is 32.7 Å².